The average molecular weight is 364 g/mol. The molecule has 0 aromatic heterocycles. The molecule has 7 nitrogen and oxygen atoms in total. The van der Waals surface area contributed by atoms with Crippen molar-refractivity contribution >= 4 is 23.3 Å². The van der Waals surface area contributed by atoms with Gasteiger partial charge in [0.1, 0.15) is 5.78 Å². The first-order valence-corrected chi connectivity index (χ1v) is 4.85. The van der Waals surface area contributed by atoms with E-state index in [1.165, 1.54) is 27.7 Å². The van der Waals surface area contributed by atoms with E-state index < -0.39 is 0 Å². The van der Waals surface area contributed by atoms with Gasteiger partial charge in [-0.2, -0.15) is 5.10 Å². The number of amides is 2. The van der Waals surface area contributed by atoms with Gasteiger partial charge in [0.05, 0.1) is 0 Å². The van der Waals surface area contributed by atoms with Gasteiger partial charge in [-0.15, -0.1) is 0 Å². The van der Waals surface area contributed by atoms with Gasteiger partial charge < -0.3 is 4.79 Å². The number of hydrogen-bond donors (Lipinski definition) is 3. The molecule has 0 saturated carbocycles. The molecule has 0 heterocycles. The van der Waals surface area contributed by atoms with Gasteiger partial charge in [0.15, 0.2) is 0 Å². The Labute approximate surface area is 145 Å². The first-order valence-electron chi connectivity index (χ1n) is 4.85. The summed E-state index contributed by atoms with van der Waals surface area (Å²) < 4.78 is 0. The van der Waals surface area contributed by atoms with Crippen LogP contribution in [0.5, 0.6) is 0 Å². The van der Waals surface area contributed by atoms with E-state index in [4.69, 9.17) is 0 Å². The Morgan fingerprint density at radius 2 is 1.10 bits per heavy atom. The van der Waals surface area contributed by atoms with Crippen molar-refractivity contribution in [3.8, 4) is 0 Å². The van der Waals surface area contributed by atoms with Crippen LogP contribution in [-0.2, 0) is 51.5 Å². The minimum Gasteiger partial charge on any atom is -0.300 e. The zero-order valence-corrected chi connectivity index (χ0v) is 14.9. The molecule has 0 aliphatic heterocycles. The van der Waals surface area contributed by atoms with Crippen molar-refractivity contribution in [3.05, 3.63) is 0 Å². The molecule has 0 saturated heterocycles. The number of rotatable bonds is 1. The normalized spacial score (nSPS) is 6.15. The van der Waals surface area contributed by atoms with Crippen molar-refractivity contribution in [1.82, 2.24) is 10.9 Å². The van der Waals surface area contributed by atoms with Crippen LogP contribution in [0, 0.1) is 0 Å². The summed E-state index contributed by atoms with van der Waals surface area (Å²) in [6.45, 7) is 9.46. The van der Waals surface area contributed by atoms with E-state index in [2.05, 4.69) is 16.4 Å². The van der Waals surface area contributed by atoms with E-state index in [-0.39, 0.29) is 62.1 Å². The van der Waals surface area contributed by atoms with E-state index in [0.717, 1.165) is 5.71 Å². The van der Waals surface area contributed by atoms with Crippen molar-refractivity contribution < 1.29 is 51.5 Å². The first-order chi connectivity index (χ1) is 7.63. The predicted molar refractivity (Wildman–Crippen MR) is 73.7 cm³/mol. The van der Waals surface area contributed by atoms with Crippen molar-refractivity contribution in [1.29, 1.82) is 0 Å². The van der Waals surface area contributed by atoms with Gasteiger partial charge in [-0.05, 0) is 27.7 Å². The monoisotopic (exact) mass is 364 g/mol. The number of hydrazone groups is 1. The van der Waals surface area contributed by atoms with Crippen LogP contribution >= 0.6 is 0 Å². The molecular weight excluding hydrogens is 338 g/mol. The minimum absolute atomic E-state index is 0. The van der Waals surface area contributed by atoms with Crippen LogP contribution in [-0.4, -0.2) is 23.3 Å². The first kappa shape index (κ1) is 36.6. The Kier molecular flexibility index (Phi) is 49.2. The molecule has 20 heavy (non-hydrogen) atoms. The SMILES string of the molecule is C.CC(=O)NN.CC(=O)NN=C(C)C.CC(C)=O.[V].[V]. The molecule has 118 valence electrons. The summed E-state index contributed by atoms with van der Waals surface area (Å²) in [4.78, 5) is 29.2. The van der Waals surface area contributed by atoms with Gasteiger partial charge in [0, 0.05) is 56.7 Å². The van der Waals surface area contributed by atoms with Gasteiger partial charge >= 0.3 is 0 Å². The van der Waals surface area contributed by atoms with Gasteiger partial charge in [-0.1, -0.05) is 7.43 Å². The van der Waals surface area contributed by atoms with Crippen LogP contribution in [0.4, 0.5) is 0 Å². The fourth-order valence-corrected chi connectivity index (χ4v) is 0.191. The molecule has 4 N–H and O–H groups in total. The zero-order valence-electron chi connectivity index (χ0n) is 12.1. The second-order valence-corrected chi connectivity index (χ2v) is 3.34. The number of hydrazine groups is 1. The van der Waals surface area contributed by atoms with E-state index in [0.29, 0.717) is 0 Å². The second-order valence-electron chi connectivity index (χ2n) is 3.34. The Hall–Kier alpha value is -0.591. The number of Topliss-reactive ketones (excluding diaryl/α,β-unsaturated/α-hetero) is 1. The van der Waals surface area contributed by atoms with Crippen molar-refractivity contribution in [2.24, 2.45) is 10.9 Å². The molecule has 0 aromatic carbocycles. The van der Waals surface area contributed by atoms with Crippen LogP contribution in [0.2, 0.25) is 0 Å². The maximum atomic E-state index is 10.1. The third kappa shape index (κ3) is 114. The van der Waals surface area contributed by atoms with Crippen molar-refractivity contribution in [2.45, 2.75) is 49.0 Å². The van der Waals surface area contributed by atoms with Gasteiger partial charge in [-0.3, -0.25) is 15.0 Å². The van der Waals surface area contributed by atoms with Gasteiger partial charge in [0.2, 0.25) is 11.8 Å². The molecule has 9 heteroatoms. The summed E-state index contributed by atoms with van der Waals surface area (Å²) in [5, 5.41) is 3.64. The number of nitrogens with one attached hydrogen (secondary N) is 2. The number of nitrogens with two attached hydrogens (primary N) is 1. The third-order valence-corrected chi connectivity index (χ3v) is 0.640. The molecule has 0 rings (SSSR count). The minimum atomic E-state index is -0.218. The molecule has 0 aliphatic carbocycles. The quantitative estimate of drug-likeness (QED) is 0.276. The topological polar surface area (TPSA) is 114 Å². The summed E-state index contributed by atoms with van der Waals surface area (Å²) in [6.07, 6.45) is 0. The Morgan fingerprint density at radius 1 is 0.850 bits per heavy atom. The predicted octanol–water partition coefficient (Wildman–Crippen LogP) is 0.741. The summed E-state index contributed by atoms with van der Waals surface area (Å²) in [5.41, 5.74) is 5.03. The van der Waals surface area contributed by atoms with Crippen LogP contribution in [0.25, 0.3) is 0 Å². The van der Waals surface area contributed by atoms with Crippen molar-refractivity contribution in [2.75, 3.05) is 0 Å². The van der Waals surface area contributed by atoms with Crippen LogP contribution in [0.3, 0.4) is 0 Å². The Morgan fingerprint density at radius 3 is 1.15 bits per heavy atom. The summed E-state index contributed by atoms with van der Waals surface area (Å²) in [6, 6.07) is 0. The molecule has 0 spiro atoms. The Bertz CT molecular complexity index is 277. The van der Waals surface area contributed by atoms with Crippen molar-refractivity contribution in [3.63, 3.8) is 0 Å². The summed E-state index contributed by atoms with van der Waals surface area (Å²) in [5.74, 6) is 4.39. The molecule has 2 amide bonds. The average Bonchev–Trinajstić information content (AvgIpc) is 2.14. The van der Waals surface area contributed by atoms with Crippen LogP contribution in [0.15, 0.2) is 5.10 Å². The summed E-state index contributed by atoms with van der Waals surface area (Å²) in [7, 11) is 0. The zero-order chi connectivity index (χ0) is 14.4. The largest absolute Gasteiger partial charge is 0.300 e. The molecular formula is C11H26N4O3V2. The number of carbonyl (C=O) groups is 3. The molecule has 0 atom stereocenters. The maximum absolute atomic E-state index is 10.1. The second kappa shape index (κ2) is 26.9. The molecule has 0 unspecified atom stereocenters. The molecule has 0 bridgehead atoms. The van der Waals surface area contributed by atoms with Crippen LogP contribution < -0.4 is 16.7 Å². The molecule has 2 radical (unpaired) electrons. The number of hydrogen-bond acceptors (Lipinski definition) is 5. The molecule has 0 aliphatic rings. The Balaban J connectivity index is -0.0000000363. The standard InChI is InChI=1S/C5H10N2O.C3H6O.C2H6N2O.CH4.2V/c1-4(2)6-7-5(3)8;1-3(2)4;1-2(5)4-3;;;/h1-3H3,(H,7,8);1-2H3;3H2,1H3,(H,4,5);1H4;;. The number of ketones is 1. The summed E-state index contributed by atoms with van der Waals surface area (Å²) >= 11 is 0. The molecule has 0 fully saturated rings. The number of nitrogens with zero attached hydrogens (tertiary/aromatic N) is 1. The van der Waals surface area contributed by atoms with Gasteiger partial charge in [0.25, 0.3) is 0 Å². The fourth-order valence-electron chi connectivity index (χ4n) is 0.191. The van der Waals surface area contributed by atoms with E-state index >= 15 is 0 Å². The number of carbonyl (C=O) groups excluding carboxylic acids is 3. The maximum Gasteiger partial charge on any atom is 0.236 e. The van der Waals surface area contributed by atoms with E-state index in [1.54, 1.807) is 0 Å². The van der Waals surface area contributed by atoms with E-state index in [9.17, 15) is 14.4 Å². The van der Waals surface area contributed by atoms with Crippen LogP contribution in [0.1, 0.15) is 49.0 Å². The third-order valence-electron chi connectivity index (χ3n) is 0.640. The molecule has 0 aromatic rings. The smallest absolute Gasteiger partial charge is 0.236 e. The van der Waals surface area contributed by atoms with E-state index in [1.807, 2.05) is 19.3 Å². The van der Waals surface area contributed by atoms with Gasteiger partial charge in [-0.25, -0.2) is 11.3 Å². The fraction of sp³-hybridized carbons (Fsp3) is 0.636.